The number of sulfonamides is 1. The van der Waals surface area contributed by atoms with Crippen molar-refractivity contribution in [1.29, 1.82) is 0 Å². The minimum atomic E-state index is -4.14. The van der Waals surface area contributed by atoms with Crippen molar-refractivity contribution in [1.82, 2.24) is 10.0 Å². The Kier molecular flexibility index (Phi) is 3.78. The number of benzene rings is 1. The molecular formula is C12H14N4O6S. The van der Waals surface area contributed by atoms with Gasteiger partial charge in [0.05, 0.1) is 15.9 Å². The lowest BCUT2D eigenvalue weighted by Gasteiger charge is -2.21. The number of nitrogens with zero attached hydrogens (tertiary/aromatic N) is 2. The van der Waals surface area contributed by atoms with Crippen LogP contribution >= 0.6 is 0 Å². The van der Waals surface area contributed by atoms with Crippen LogP contribution in [0.25, 0.3) is 0 Å². The fraction of sp³-hybridized carbons (Fsp3) is 0.500. The van der Waals surface area contributed by atoms with Gasteiger partial charge < -0.3 is 5.32 Å². The zero-order valence-corrected chi connectivity index (χ0v) is 12.7. The Hall–Kier alpha value is -2.11. The van der Waals surface area contributed by atoms with Crippen molar-refractivity contribution in [2.75, 3.05) is 0 Å². The van der Waals surface area contributed by atoms with Gasteiger partial charge in [-0.25, -0.2) is 13.1 Å². The number of nitro groups is 2. The van der Waals surface area contributed by atoms with Gasteiger partial charge >= 0.3 is 0 Å². The van der Waals surface area contributed by atoms with Gasteiger partial charge in [-0.1, -0.05) is 0 Å². The van der Waals surface area contributed by atoms with Crippen molar-refractivity contribution >= 4 is 21.4 Å². The molecule has 2 N–H and O–H groups in total. The number of fused-ring (bicyclic) bond motifs is 2. The van der Waals surface area contributed by atoms with Crippen LogP contribution in [0.3, 0.4) is 0 Å². The molecule has 2 bridgehead atoms. The molecule has 1 aromatic rings. The molecule has 3 atom stereocenters. The van der Waals surface area contributed by atoms with Gasteiger partial charge in [0.1, 0.15) is 0 Å². The van der Waals surface area contributed by atoms with Crippen molar-refractivity contribution in [3.8, 4) is 0 Å². The maximum Gasteiger partial charge on any atom is 0.296 e. The third kappa shape index (κ3) is 2.90. The van der Waals surface area contributed by atoms with E-state index in [4.69, 9.17) is 0 Å². The Morgan fingerprint density at radius 1 is 1.17 bits per heavy atom. The van der Waals surface area contributed by atoms with E-state index in [-0.39, 0.29) is 18.1 Å². The summed E-state index contributed by atoms with van der Waals surface area (Å²) in [5.41, 5.74) is -1.33. The lowest BCUT2D eigenvalue weighted by atomic mass is 9.96. The predicted molar refractivity (Wildman–Crippen MR) is 78.4 cm³/mol. The van der Waals surface area contributed by atoms with E-state index < -0.39 is 36.1 Å². The van der Waals surface area contributed by atoms with E-state index in [1.54, 1.807) is 0 Å². The Bertz CT molecular complexity index is 780. The Morgan fingerprint density at radius 3 is 2.43 bits per heavy atom. The summed E-state index contributed by atoms with van der Waals surface area (Å²) in [6.07, 6.45) is 2.46. The van der Waals surface area contributed by atoms with E-state index in [1.165, 1.54) is 0 Å². The Balaban J connectivity index is 1.93. The van der Waals surface area contributed by atoms with Gasteiger partial charge in [-0.05, 0) is 25.3 Å². The van der Waals surface area contributed by atoms with Crippen molar-refractivity contribution in [3.63, 3.8) is 0 Å². The van der Waals surface area contributed by atoms with Crippen LogP contribution in [0.4, 0.5) is 11.4 Å². The molecule has 0 aromatic heterocycles. The van der Waals surface area contributed by atoms with Gasteiger partial charge in [-0.3, -0.25) is 20.2 Å². The van der Waals surface area contributed by atoms with Gasteiger partial charge in [-0.15, -0.1) is 0 Å². The van der Waals surface area contributed by atoms with Crippen LogP contribution in [-0.2, 0) is 10.0 Å². The van der Waals surface area contributed by atoms with Gasteiger partial charge in [-0.2, -0.15) is 0 Å². The van der Waals surface area contributed by atoms with Gasteiger partial charge in [0.2, 0.25) is 10.0 Å². The molecule has 2 heterocycles. The zero-order valence-electron chi connectivity index (χ0n) is 11.8. The smallest absolute Gasteiger partial charge is 0.296 e. The molecule has 0 spiro atoms. The average molecular weight is 342 g/mol. The van der Waals surface area contributed by atoms with Crippen molar-refractivity contribution in [2.24, 2.45) is 0 Å². The summed E-state index contributed by atoms with van der Waals surface area (Å²) >= 11 is 0. The van der Waals surface area contributed by atoms with E-state index in [0.29, 0.717) is 12.5 Å². The molecule has 0 radical (unpaired) electrons. The highest BCUT2D eigenvalue weighted by Gasteiger charge is 2.42. The highest BCUT2D eigenvalue weighted by atomic mass is 32.2. The maximum absolute atomic E-state index is 12.5. The summed E-state index contributed by atoms with van der Waals surface area (Å²) < 4.78 is 27.4. The lowest BCUT2D eigenvalue weighted by molar-refractivity contribution is -0.396. The average Bonchev–Trinajstić information content (AvgIpc) is 3.08. The molecule has 2 aliphatic rings. The van der Waals surface area contributed by atoms with Crippen LogP contribution in [0.15, 0.2) is 23.1 Å². The molecule has 2 aliphatic heterocycles. The molecule has 0 unspecified atom stereocenters. The number of nitrogens with one attached hydrogen (secondary N) is 2. The topological polar surface area (TPSA) is 144 Å². The van der Waals surface area contributed by atoms with Crippen molar-refractivity contribution in [2.45, 2.75) is 42.3 Å². The molecule has 10 nitrogen and oxygen atoms in total. The first kappa shape index (κ1) is 15.8. The maximum atomic E-state index is 12.5. The summed E-state index contributed by atoms with van der Waals surface area (Å²) in [5.74, 6) is 0. The normalized spacial score (nSPS) is 26.3. The second-order valence-corrected chi connectivity index (χ2v) is 7.36. The largest absolute Gasteiger partial charge is 0.310 e. The molecule has 2 saturated heterocycles. The Labute approximate surface area is 131 Å². The minimum Gasteiger partial charge on any atom is -0.310 e. The number of hydrogen-bond acceptors (Lipinski definition) is 7. The van der Waals surface area contributed by atoms with E-state index in [9.17, 15) is 28.6 Å². The number of nitro benzene ring substituents is 2. The first-order valence-electron chi connectivity index (χ1n) is 6.99. The van der Waals surface area contributed by atoms with E-state index in [2.05, 4.69) is 10.0 Å². The van der Waals surface area contributed by atoms with Gasteiger partial charge in [0.15, 0.2) is 4.90 Å². The molecule has 0 saturated carbocycles. The molecular weight excluding hydrogens is 328 g/mol. The third-order valence-corrected chi connectivity index (χ3v) is 5.78. The quantitative estimate of drug-likeness (QED) is 0.591. The minimum absolute atomic E-state index is 0.0203. The highest BCUT2D eigenvalue weighted by Crippen LogP contribution is 2.32. The van der Waals surface area contributed by atoms with Crippen molar-refractivity contribution < 1.29 is 18.3 Å². The second kappa shape index (κ2) is 5.51. The van der Waals surface area contributed by atoms with Crippen LogP contribution in [0, 0.1) is 20.2 Å². The molecule has 3 rings (SSSR count). The number of non-ortho nitro benzene ring substituents is 1. The van der Waals surface area contributed by atoms with E-state index >= 15 is 0 Å². The van der Waals surface area contributed by atoms with Crippen molar-refractivity contribution in [3.05, 3.63) is 38.4 Å². The number of hydrogen-bond donors (Lipinski definition) is 2. The van der Waals surface area contributed by atoms with Gasteiger partial charge in [0, 0.05) is 24.2 Å². The molecule has 1 aromatic carbocycles. The van der Waals surface area contributed by atoms with E-state index in [1.807, 2.05) is 0 Å². The van der Waals surface area contributed by atoms with Crippen LogP contribution in [0.5, 0.6) is 0 Å². The second-order valence-electron chi connectivity index (χ2n) is 5.68. The summed E-state index contributed by atoms with van der Waals surface area (Å²) in [6.45, 7) is 0. The van der Waals surface area contributed by atoms with Gasteiger partial charge in [0.25, 0.3) is 11.4 Å². The van der Waals surface area contributed by atoms with Crippen LogP contribution < -0.4 is 10.0 Å². The summed E-state index contributed by atoms with van der Waals surface area (Å²) in [7, 11) is -4.14. The molecule has 2 fully saturated rings. The summed E-state index contributed by atoms with van der Waals surface area (Å²) in [4.78, 5) is 19.5. The molecule has 0 aliphatic carbocycles. The zero-order chi connectivity index (χ0) is 16.8. The first-order chi connectivity index (χ1) is 10.8. The van der Waals surface area contributed by atoms with Crippen LogP contribution in [-0.4, -0.2) is 36.4 Å². The SMILES string of the molecule is O=[N+]([O-])c1ccc(S(=O)(=O)N[C@H]2C[C@@H]3CC[C@H]2N3)c([N+](=O)[O-])c1. The molecule has 0 amide bonds. The molecule has 11 heteroatoms. The predicted octanol–water partition coefficient (Wildman–Crippen LogP) is 0.674. The first-order valence-corrected chi connectivity index (χ1v) is 8.47. The summed E-state index contributed by atoms with van der Waals surface area (Å²) in [5, 5.41) is 25.1. The monoisotopic (exact) mass is 342 g/mol. The standard InChI is InChI=1S/C12H14N4O6S/c17-15(18)8-2-4-12(11(6-8)16(19)20)23(21,22)14-10-5-7-1-3-9(10)13-7/h2,4,6-7,9-10,13-14H,1,3,5H2/t7-,9+,10-/m0/s1. The third-order valence-electron chi connectivity index (χ3n) is 4.25. The fourth-order valence-corrected chi connectivity index (χ4v) is 4.65. The highest BCUT2D eigenvalue weighted by molar-refractivity contribution is 7.89. The fourth-order valence-electron chi connectivity index (χ4n) is 3.21. The molecule has 124 valence electrons. The summed E-state index contributed by atoms with van der Waals surface area (Å²) in [6, 6.07) is 2.47. The number of rotatable bonds is 5. The van der Waals surface area contributed by atoms with Crippen LogP contribution in [0.2, 0.25) is 0 Å². The molecule has 23 heavy (non-hydrogen) atoms. The Morgan fingerprint density at radius 2 is 1.91 bits per heavy atom. The van der Waals surface area contributed by atoms with E-state index in [0.717, 1.165) is 25.0 Å². The van der Waals surface area contributed by atoms with Crippen LogP contribution in [0.1, 0.15) is 19.3 Å². The lowest BCUT2D eigenvalue weighted by Crippen LogP contribution is -2.42.